The van der Waals surface area contributed by atoms with E-state index in [1.165, 1.54) is 51.4 Å². The van der Waals surface area contributed by atoms with Crippen LogP contribution < -0.4 is 0 Å². The highest BCUT2D eigenvalue weighted by Crippen LogP contribution is 2.33. The summed E-state index contributed by atoms with van der Waals surface area (Å²) in [5, 5.41) is 8.70. The van der Waals surface area contributed by atoms with E-state index in [-0.39, 0.29) is 0 Å². The van der Waals surface area contributed by atoms with E-state index in [0.717, 1.165) is 30.8 Å². The first-order valence-corrected chi connectivity index (χ1v) is 17.0. The van der Waals surface area contributed by atoms with Crippen LogP contribution in [0.1, 0.15) is 0 Å². The number of benzene rings is 6. The van der Waals surface area contributed by atoms with Crippen LogP contribution in [0.15, 0.2) is 172 Å². The highest BCUT2D eigenvalue weighted by Gasteiger charge is 2.35. The number of fused-ring (bicyclic) bond motifs is 3. The fourth-order valence-corrected chi connectivity index (χ4v) is 7.74. The van der Waals surface area contributed by atoms with Gasteiger partial charge in [0.05, 0.1) is 0 Å². The van der Waals surface area contributed by atoms with Gasteiger partial charge in [0.1, 0.15) is 0 Å². The molecule has 0 fully saturated rings. The molecule has 0 atom stereocenters. The van der Waals surface area contributed by atoms with Gasteiger partial charge in [-0.05, 0) is 104 Å². The molecule has 0 aromatic heterocycles. The van der Waals surface area contributed by atoms with E-state index in [1.54, 1.807) is 4.90 Å². The molecule has 6 aromatic rings. The first-order chi connectivity index (χ1) is 22.7. The average molecular weight is 648 g/mol. The van der Waals surface area contributed by atoms with Gasteiger partial charge in [-0.25, -0.2) is 4.90 Å². The van der Waals surface area contributed by atoms with Gasteiger partial charge in [0.25, 0.3) is 0 Å². The summed E-state index contributed by atoms with van der Waals surface area (Å²) in [5.74, 6) is 1.34. The van der Waals surface area contributed by atoms with Crippen LogP contribution in [0, 0.1) is 0 Å². The molecule has 46 heavy (non-hydrogen) atoms. The topological polar surface area (TPSA) is 77.4 Å². The normalized spacial score (nSPS) is 15.5. The molecule has 10 heteroatoms. The number of rotatable bonds is 3. The lowest BCUT2D eigenvalue weighted by Gasteiger charge is -2.29. The van der Waals surface area contributed by atoms with Gasteiger partial charge in [-0.1, -0.05) is 91.0 Å². The Balaban J connectivity index is 1.10. The Kier molecular flexibility index (Phi) is 6.76. The van der Waals surface area contributed by atoms with Crippen molar-refractivity contribution in [2.75, 3.05) is 0 Å². The Bertz CT molecular complexity index is 2160. The fraction of sp³-hybridized carbons (Fsp3) is 0. The Hall–Kier alpha value is -5.03. The second-order valence-corrected chi connectivity index (χ2v) is 13.7. The molecule has 0 radical (unpaired) electrons. The van der Waals surface area contributed by atoms with Crippen molar-refractivity contribution in [1.29, 1.82) is 0 Å². The molecule has 0 spiro atoms. The van der Waals surface area contributed by atoms with Crippen molar-refractivity contribution in [3.05, 3.63) is 127 Å². The van der Waals surface area contributed by atoms with Gasteiger partial charge in [-0.3, -0.25) is 0 Å². The Morgan fingerprint density at radius 3 is 0.957 bits per heavy atom. The molecule has 0 saturated heterocycles. The van der Waals surface area contributed by atoms with Crippen LogP contribution in [-0.4, -0.2) is 38.3 Å². The minimum Gasteiger partial charge on any atom is -0.213 e. The number of nitrogens with zero attached hydrogens (tertiary/aromatic N) is 7. The summed E-state index contributed by atoms with van der Waals surface area (Å²) in [6.45, 7) is 0. The van der Waals surface area contributed by atoms with Crippen molar-refractivity contribution >= 4 is 101 Å². The quantitative estimate of drug-likeness (QED) is 0.192. The molecule has 0 unspecified atom stereocenters. The molecule has 3 aliphatic heterocycles. The number of amidine groups is 3. The molecular weight excluding hydrogens is 627 g/mol. The molecule has 0 aliphatic carbocycles. The van der Waals surface area contributed by atoms with Crippen molar-refractivity contribution in [3.8, 4) is 0 Å². The zero-order chi connectivity index (χ0) is 30.5. The lowest BCUT2D eigenvalue weighted by atomic mass is 10.1. The highest BCUT2D eigenvalue weighted by molar-refractivity contribution is 8.14. The molecule has 6 aromatic carbocycles. The number of hydrogen-bond donors (Lipinski definition) is 0. The maximum Gasteiger partial charge on any atom is 0.244 e. The number of hydrogen-bond acceptors (Lipinski definition) is 10. The van der Waals surface area contributed by atoms with Crippen LogP contribution in [0.4, 0.5) is 0 Å². The molecule has 7 nitrogen and oxygen atoms in total. The summed E-state index contributed by atoms with van der Waals surface area (Å²) in [4.78, 5) is 34.0. The number of thioether (sulfide) groups is 3. The zero-order valence-corrected chi connectivity index (χ0v) is 26.4. The summed E-state index contributed by atoms with van der Waals surface area (Å²) in [7, 11) is 0. The molecule has 9 rings (SSSR count). The molecule has 3 heterocycles. The van der Waals surface area contributed by atoms with Crippen LogP contribution in [0.5, 0.6) is 0 Å². The van der Waals surface area contributed by atoms with Crippen LogP contribution in [0.3, 0.4) is 0 Å². The lowest BCUT2D eigenvalue weighted by Crippen LogP contribution is -2.47. The Morgan fingerprint density at radius 1 is 0.326 bits per heavy atom. The van der Waals surface area contributed by atoms with Crippen molar-refractivity contribution in [3.63, 3.8) is 0 Å². The predicted octanol–water partition coefficient (Wildman–Crippen LogP) is 9.30. The highest BCUT2D eigenvalue weighted by atomic mass is 32.2. The summed E-state index contributed by atoms with van der Waals surface area (Å²) in [5.41, 5.74) is 0. The van der Waals surface area contributed by atoms with Crippen LogP contribution >= 0.6 is 35.3 Å². The SMILES string of the molecule is c1ccc2cc(SC3=NC4=NC(Sc5ccc6ccccc6c5)=NC5=NC(Sc6ccc7ccccc7c6)=NC(=N3)N45)ccc2c1. The van der Waals surface area contributed by atoms with E-state index in [4.69, 9.17) is 30.0 Å². The van der Waals surface area contributed by atoms with E-state index in [9.17, 15) is 0 Å². The van der Waals surface area contributed by atoms with Gasteiger partial charge in [-0.2, -0.15) is 30.0 Å². The fourth-order valence-electron chi connectivity index (χ4n) is 5.38. The second-order valence-electron chi connectivity index (χ2n) is 10.6. The minimum atomic E-state index is 0.448. The van der Waals surface area contributed by atoms with Gasteiger partial charge in [0.2, 0.25) is 17.9 Å². The van der Waals surface area contributed by atoms with Gasteiger partial charge in [0, 0.05) is 14.7 Å². The number of aliphatic imine (C=N–C) groups is 6. The van der Waals surface area contributed by atoms with Crippen LogP contribution in [0.25, 0.3) is 32.3 Å². The third-order valence-electron chi connectivity index (χ3n) is 7.56. The van der Waals surface area contributed by atoms with E-state index >= 15 is 0 Å². The summed E-state index contributed by atoms with van der Waals surface area (Å²) in [6.07, 6.45) is 0. The predicted molar refractivity (Wildman–Crippen MR) is 196 cm³/mol. The molecule has 3 aliphatic rings. The molecule has 0 amide bonds. The maximum absolute atomic E-state index is 4.86. The molecule has 218 valence electrons. The van der Waals surface area contributed by atoms with Crippen molar-refractivity contribution in [1.82, 2.24) is 4.90 Å². The average Bonchev–Trinajstić information content (AvgIpc) is 3.08. The lowest BCUT2D eigenvalue weighted by molar-refractivity contribution is 0.834. The number of guanidine groups is 3. The van der Waals surface area contributed by atoms with Gasteiger partial charge < -0.3 is 0 Å². The third kappa shape index (κ3) is 5.30. The van der Waals surface area contributed by atoms with Crippen LogP contribution in [0.2, 0.25) is 0 Å². The maximum atomic E-state index is 4.86. The standard InChI is InChI=1S/C36H21N7S3/c1-4-10-25-19-28(16-13-22(25)7-1)44-34-37-31-39-35(45-29-17-14-23-8-2-5-11-26(23)20-29)41-33-42-36(40-32(38-34)43(31)33)46-30-18-15-24-9-3-6-12-27(24)21-30/h1-21H. The summed E-state index contributed by atoms with van der Waals surface area (Å²) < 4.78 is 0. The first-order valence-electron chi connectivity index (χ1n) is 14.5. The molecule has 0 bridgehead atoms. The summed E-state index contributed by atoms with van der Waals surface area (Å²) >= 11 is 4.46. The monoisotopic (exact) mass is 647 g/mol. The molecule has 0 saturated carbocycles. The van der Waals surface area contributed by atoms with Crippen molar-refractivity contribution in [2.45, 2.75) is 14.7 Å². The minimum absolute atomic E-state index is 0.448. The smallest absolute Gasteiger partial charge is 0.213 e. The van der Waals surface area contributed by atoms with Crippen molar-refractivity contribution in [2.24, 2.45) is 30.0 Å². The summed E-state index contributed by atoms with van der Waals surface area (Å²) in [6, 6.07) is 44.0. The van der Waals surface area contributed by atoms with E-state index < -0.39 is 0 Å². The second kappa shape index (κ2) is 11.4. The van der Waals surface area contributed by atoms with Crippen molar-refractivity contribution < 1.29 is 0 Å². The van der Waals surface area contributed by atoms with E-state index in [0.29, 0.717) is 33.4 Å². The van der Waals surface area contributed by atoms with Gasteiger partial charge in [-0.15, -0.1) is 0 Å². The molecule has 0 N–H and O–H groups in total. The first kappa shape index (κ1) is 27.3. The largest absolute Gasteiger partial charge is 0.244 e. The Morgan fingerprint density at radius 2 is 0.630 bits per heavy atom. The van der Waals surface area contributed by atoms with E-state index in [2.05, 4.69) is 91.0 Å². The van der Waals surface area contributed by atoms with E-state index in [1.807, 2.05) is 36.4 Å². The molecular formula is C36H21N7S3. The zero-order valence-electron chi connectivity index (χ0n) is 24.0. The third-order valence-corrected chi connectivity index (χ3v) is 10.1. The Labute approximate surface area is 276 Å². The van der Waals surface area contributed by atoms with Gasteiger partial charge >= 0.3 is 0 Å². The van der Waals surface area contributed by atoms with Gasteiger partial charge in [0.15, 0.2) is 15.5 Å². The van der Waals surface area contributed by atoms with Crippen LogP contribution in [-0.2, 0) is 0 Å².